The number of halogens is 1. The Kier molecular flexibility index (Phi) is 2.94. The van der Waals surface area contributed by atoms with Crippen molar-refractivity contribution in [3.8, 4) is 0 Å². The van der Waals surface area contributed by atoms with Crippen molar-refractivity contribution < 1.29 is 0 Å². The Balaban J connectivity index is 1.80. The van der Waals surface area contributed by atoms with Gasteiger partial charge < -0.3 is 4.90 Å². The van der Waals surface area contributed by atoms with E-state index in [-0.39, 0.29) is 0 Å². The van der Waals surface area contributed by atoms with Crippen LogP contribution in [0, 0.1) is 0 Å². The van der Waals surface area contributed by atoms with Crippen LogP contribution in [-0.4, -0.2) is 16.0 Å². The van der Waals surface area contributed by atoms with Crippen LogP contribution >= 0.6 is 22.9 Å². The maximum Gasteiger partial charge on any atom is 0.225 e. The highest BCUT2D eigenvalue weighted by molar-refractivity contribution is 7.19. The van der Waals surface area contributed by atoms with Gasteiger partial charge in [0.15, 0.2) is 0 Å². The van der Waals surface area contributed by atoms with Gasteiger partial charge in [0.2, 0.25) is 5.28 Å². The summed E-state index contributed by atoms with van der Waals surface area (Å²) >= 11 is 8.05. The Labute approximate surface area is 143 Å². The molecule has 2 aromatic heterocycles. The second kappa shape index (κ2) is 4.92. The number of fused-ring (bicyclic) bond motifs is 4. The third kappa shape index (κ3) is 1.95. The van der Waals surface area contributed by atoms with Crippen LogP contribution in [-0.2, 0) is 19.3 Å². The van der Waals surface area contributed by atoms with Gasteiger partial charge in [-0.1, -0.05) is 18.2 Å². The highest BCUT2D eigenvalue weighted by atomic mass is 35.5. The minimum atomic E-state index is 0.351. The fourth-order valence-corrected chi connectivity index (χ4v) is 5.48. The molecule has 0 bridgehead atoms. The maximum atomic E-state index is 6.26. The molecule has 5 rings (SSSR count). The topological polar surface area (TPSA) is 29.0 Å². The Morgan fingerprint density at radius 3 is 3.00 bits per heavy atom. The van der Waals surface area contributed by atoms with Crippen molar-refractivity contribution in [1.82, 2.24) is 9.97 Å². The lowest BCUT2D eigenvalue weighted by atomic mass is 10.1. The van der Waals surface area contributed by atoms with Crippen molar-refractivity contribution in [1.29, 1.82) is 0 Å². The van der Waals surface area contributed by atoms with Gasteiger partial charge >= 0.3 is 0 Å². The molecular formula is C18H16ClN3S. The van der Waals surface area contributed by atoms with Crippen LogP contribution in [0.4, 0.5) is 11.5 Å². The molecule has 116 valence electrons. The zero-order valence-electron chi connectivity index (χ0n) is 12.8. The Morgan fingerprint density at radius 2 is 2.09 bits per heavy atom. The predicted molar refractivity (Wildman–Crippen MR) is 96.2 cm³/mol. The standard InChI is InChI=1S/C18H16ClN3S/c1-10-9-11-5-2-3-7-13(11)22(10)16-15-12-6-4-8-14(12)23-17(15)21-18(19)20-16/h2-3,5,7,10H,4,6,8-9H2,1H3. The summed E-state index contributed by atoms with van der Waals surface area (Å²) < 4.78 is 0. The summed E-state index contributed by atoms with van der Waals surface area (Å²) in [7, 11) is 0. The summed E-state index contributed by atoms with van der Waals surface area (Å²) in [6, 6.07) is 9.00. The minimum absolute atomic E-state index is 0.351. The molecular weight excluding hydrogens is 326 g/mol. The summed E-state index contributed by atoms with van der Waals surface area (Å²) in [6.07, 6.45) is 4.59. The number of para-hydroxylation sites is 1. The van der Waals surface area contributed by atoms with Crippen molar-refractivity contribution in [2.45, 2.75) is 38.6 Å². The molecule has 1 atom stereocenters. The van der Waals surface area contributed by atoms with Crippen LogP contribution in [0.3, 0.4) is 0 Å². The van der Waals surface area contributed by atoms with Gasteiger partial charge in [-0.3, -0.25) is 0 Å². The van der Waals surface area contributed by atoms with E-state index in [2.05, 4.69) is 46.1 Å². The third-order valence-electron chi connectivity index (χ3n) is 4.95. The Morgan fingerprint density at radius 1 is 1.22 bits per heavy atom. The first kappa shape index (κ1) is 13.8. The molecule has 1 aliphatic carbocycles. The van der Waals surface area contributed by atoms with Gasteiger partial charge in [0.1, 0.15) is 10.6 Å². The monoisotopic (exact) mass is 341 g/mol. The first-order chi connectivity index (χ1) is 11.2. The van der Waals surface area contributed by atoms with Gasteiger partial charge in [-0.2, -0.15) is 4.98 Å². The molecule has 3 heterocycles. The van der Waals surface area contributed by atoms with E-state index in [0.717, 1.165) is 23.5 Å². The number of rotatable bonds is 1. The molecule has 5 heteroatoms. The molecule has 23 heavy (non-hydrogen) atoms. The predicted octanol–water partition coefficient (Wildman–Crippen LogP) is 4.92. The molecule has 0 N–H and O–H groups in total. The molecule has 1 aliphatic heterocycles. The van der Waals surface area contributed by atoms with E-state index in [4.69, 9.17) is 11.6 Å². The number of anilines is 2. The Hall–Kier alpha value is -1.65. The number of thiophene rings is 1. The summed E-state index contributed by atoms with van der Waals surface area (Å²) in [4.78, 5) is 14.0. The van der Waals surface area contributed by atoms with Crippen LogP contribution in [0.25, 0.3) is 10.2 Å². The molecule has 0 fully saturated rings. The average molecular weight is 342 g/mol. The van der Waals surface area contributed by atoms with E-state index in [0.29, 0.717) is 11.3 Å². The summed E-state index contributed by atoms with van der Waals surface area (Å²) in [6.45, 7) is 2.26. The summed E-state index contributed by atoms with van der Waals surface area (Å²) in [5, 5.41) is 1.58. The fraction of sp³-hybridized carbons (Fsp3) is 0.333. The van der Waals surface area contributed by atoms with Gasteiger partial charge in [0.05, 0.1) is 5.39 Å². The number of hydrogen-bond acceptors (Lipinski definition) is 4. The molecule has 0 radical (unpaired) electrons. The van der Waals surface area contributed by atoms with Gasteiger partial charge in [-0.15, -0.1) is 11.3 Å². The van der Waals surface area contributed by atoms with E-state index in [9.17, 15) is 0 Å². The van der Waals surface area contributed by atoms with Crippen molar-refractivity contribution in [2.75, 3.05) is 4.90 Å². The van der Waals surface area contributed by atoms with Crippen LogP contribution < -0.4 is 4.90 Å². The summed E-state index contributed by atoms with van der Waals surface area (Å²) in [5.41, 5.74) is 4.09. The van der Waals surface area contributed by atoms with Crippen LogP contribution in [0.1, 0.15) is 29.3 Å². The number of hydrogen-bond donors (Lipinski definition) is 0. The lowest BCUT2D eigenvalue weighted by molar-refractivity contribution is 0.752. The zero-order chi connectivity index (χ0) is 15.6. The smallest absolute Gasteiger partial charge is 0.225 e. The second-order valence-electron chi connectivity index (χ2n) is 6.41. The first-order valence-corrected chi connectivity index (χ1v) is 9.27. The number of aromatic nitrogens is 2. The quantitative estimate of drug-likeness (QED) is 0.588. The highest BCUT2D eigenvalue weighted by Crippen LogP contribution is 2.45. The summed E-state index contributed by atoms with van der Waals surface area (Å²) in [5.74, 6) is 0.997. The third-order valence-corrected chi connectivity index (χ3v) is 6.31. The van der Waals surface area contributed by atoms with Crippen LogP contribution in [0.15, 0.2) is 24.3 Å². The maximum absolute atomic E-state index is 6.26. The molecule has 1 aromatic carbocycles. The Bertz CT molecular complexity index is 933. The lowest BCUT2D eigenvalue weighted by Crippen LogP contribution is -2.25. The van der Waals surface area contributed by atoms with Crippen LogP contribution in [0.2, 0.25) is 5.28 Å². The SMILES string of the molecule is CC1Cc2ccccc2N1c1nc(Cl)nc2sc3c(c12)CCC3. The molecule has 3 aromatic rings. The zero-order valence-corrected chi connectivity index (χ0v) is 14.4. The van der Waals surface area contributed by atoms with Gasteiger partial charge in [-0.25, -0.2) is 4.98 Å². The molecule has 0 spiro atoms. The van der Waals surface area contributed by atoms with Crippen molar-refractivity contribution in [3.05, 3.63) is 45.6 Å². The van der Waals surface area contributed by atoms with E-state index >= 15 is 0 Å². The van der Waals surface area contributed by atoms with Crippen molar-refractivity contribution >= 4 is 44.7 Å². The first-order valence-electron chi connectivity index (χ1n) is 8.07. The highest BCUT2D eigenvalue weighted by Gasteiger charge is 2.32. The van der Waals surface area contributed by atoms with Crippen LogP contribution in [0.5, 0.6) is 0 Å². The van der Waals surface area contributed by atoms with Gasteiger partial charge in [-0.05, 0) is 61.4 Å². The number of aryl methyl sites for hydroxylation is 2. The number of benzene rings is 1. The normalized spacial score (nSPS) is 19.4. The van der Waals surface area contributed by atoms with E-state index in [1.807, 2.05) is 0 Å². The molecule has 3 nitrogen and oxygen atoms in total. The van der Waals surface area contributed by atoms with Crippen molar-refractivity contribution in [3.63, 3.8) is 0 Å². The van der Waals surface area contributed by atoms with E-state index in [1.54, 1.807) is 11.3 Å². The van der Waals surface area contributed by atoms with Gasteiger partial charge in [0, 0.05) is 16.6 Å². The molecule has 2 aliphatic rings. The van der Waals surface area contributed by atoms with E-state index in [1.165, 1.54) is 39.9 Å². The average Bonchev–Trinajstić information content (AvgIpc) is 3.17. The molecule has 1 unspecified atom stereocenters. The minimum Gasteiger partial charge on any atom is -0.322 e. The fourth-order valence-electron chi connectivity index (χ4n) is 4.01. The van der Waals surface area contributed by atoms with Gasteiger partial charge in [0.25, 0.3) is 0 Å². The molecule has 0 saturated heterocycles. The van der Waals surface area contributed by atoms with Crippen molar-refractivity contribution in [2.24, 2.45) is 0 Å². The number of nitrogens with zero attached hydrogens (tertiary/aromatic N) is 3. The van der Waals surface area contributed by atoms with E-state index < -0.39 is 0 Å². The second-order valence-corrected chi connectivity index (χ2v) is 7.83. The molecule has 0 amide bonds. The molecule has 0 saturated carbocycles. The lowest BCUT2D eigenvalue weighted by Gasteiger charge is -2.25. The largest absolute Gasteiger partial charge is 0.322 e.